The number of carbonyl (C=O) groups excluding carboxylic acids is 4. The summed E-state index contributed by atoms with van der Waals surface area (Å²) in [5.74, 6) is 4.47. The maximum absolute atomic E-state index is 13.6. The molecule has 4 fully saturated rings. The lowest BCUT2D eigenvalue weighted by atomic mass is 9.49. The van der Waals surface area contributed by atoms with Gasteiger partial charge in [-0.15, -0.1) is 6.42 Å². The number of Topliss-reactive ketones (excluding diaryl/α,β-unsaturated/α-hetero) is 2. The maximum Gasteiger partial charge on any atom is 0.252 e. The summed E-state index contributed by atoms with van der Waals surface area (Å²) in [6.07, 6.45) is 10.2. The second-order valence-corrected chi connectivity index (χ2v) is 19.9. The Morgan fingerprint density at radius 1 is 0.857 bits per heavy atom. The molecule has 3 aromatic carbocycles. The van der Waals surface area contributed by atoms with Crippen LogP contribution < -0.4 is 29.7 Å². The van der Waals surface area contributed by atoms with Crippen LogP contribution in [0.1, 0.15) is 124 Å². The Kier molecular flexibility index (Phi) is 13.3. The van der Waals surface area contributed by atoms with Crippen molar-refractivity contribution >= 4 is 29.1 Å². The first kappa shape index (κ1) is 45.7. The van der Waals surface area contributed by atoms with Crippen molar-refractivity contribution in [3.05, 3.63) is 82.4 Å². The minimum atomic E-state index is -0.644. The number of aryl methyl sites for hydroxylation is 2. The van der Waals surface area contributed by atoms with Gasteiger partial charge in [0.1, 0.15) is 23.7 Å². The zero-order valence-corrected chi connectivity index (χ0v) is 38.6. The Labute approximate surface area is 374 Å². The van der Waals surface area contributed by atoms with E-state index in [1.54, 1.807) is 25.3 Å². The molecule has 0 bridgehead atoms. The molecule has 0 spiro atoms. The minimum absolute atomic E-state index is 0.0454. The summed E-state index contributed by atoms with van der Waals surface area (Å²) in [6.45, 7) is 20.2. The zero-order chi connectivity index (χ0) is 45.4. The lowest BCUT2D eigenvalue weighted by Gasteiger charge is -2.63. The quantitative estimate of drug-likeness (QED) is 0.123. The molecule has 3 aromatic rings. The lowest BCUT2D eigenvalue weighted by Crippen LogP contribution is -2.74. The van der Waals surface area contributed by atoms with Crippen LogP contribution in [-0.2, 0) is 9.59 Å². The van der Waals surface area contributed by atoms with Crippen molar-refractivity contribution in [1.29, 1.82) is 0 Å². The first-order valence-corrected chi connectivity index (χ1v) is 22.8. The lowest BCUT2D eigenvalue weighted by molar-refractivity contribution is -0.164. The maximum atomic E-state index is 13.6. The van der Waals surface area contributed by atoms with Crippen LogP contribution in [0.2, 0.25) is 0 Å². The summed E-state index contributed by atoms with van der Waals surface area (Å²) in [5, 5.41) is 6.13. The number of nitrogens with one attached hydrogen (secondary N) is 2. The van der Waals surface area contributed by atoms with Gasteiger partial charge in [0.2, 0.25) is 0 Å². The van der Waals surface area contributed by atoms with E-state index in [1.165, 1.54) is 0 Å². The third-order valence-electron chi connectivity index (χ3n) is 14.3. The van der Waals surface area contributed by atoms with E-state index in [-0.39, 0.29) is 58.9 Å². The number of amides is 2. The van der Waals surface area contributed by atoms with Gasteiger partial charge < -0.3 is 29.7 Å². The molecule has 1 heterocycles. The molecule has 0 aromatic heterocycles. The van der Waals surface area contributed by atoms with Gasteiger partial charge in [0.25, 0.3) is 11.8 Å². The fourth-order valence-electron chi connectivity index (χ4n) is 10.9. The predicted molar refractivity (Wildman–Crippen MR) is 246 cm³/mol. The molecule has 11 nitrogen and oxygen atoms in total. The number of carbonyl (C=O) groups is 4. The summed E-state index contributed by atoms with van der Waals surface area (Å²) in [7, 11) is 1.55. The number of ether oxygens (including phenoxy) is 3. The highest BCUT2D eigenvalue weighted by Crippen LogP contribution is 2.55. The molecule has 3 saturated carbocycles. The number of anilines is 1. The van der Waals surface area contributed by atoms with Crippen molar-refractivity contribution in [2.75, 3.05) is 31.6 Å². The van der Waals surface area contributed by atoms with Crippen LogP contribution in [0, 0.1) is 42.9 Å². The molecular weight excluding hydrogens is 793 g/mol. The Morgan fingerprint density at radius 2 is 1.48 bits per heavy atom. The van der Waals surface area contributed by atoms with E-state index in [0.29, 0.717) is 53.5 Å². The number of benzene rings is 3. The summed E-state index contributed by atoms with van der Waals surface area (Å²) in [5.41, 5.74) is 4.55. The zero-order valence-electron chi connectivity index (χ0n) is 38.6. The summed E-state index contributed by atoms with van der Waals surface area (Å²) in [6, 6.07) is 17.3. The fourth-order valence-corrected chi connectivity index (χ4v) is 10.9. The SMILES string of the molecule is C#Cc1c(C)cc(OC2C(C)(C)C(NC(=O)c3ccc(N4CCC(CN(C(C)C)C5CC(Oc6ccc(C(=O)NC7CCC(=O)CC7=O)cc6OC)C5)CC4)cc3)C2(C)C)cc1C. The number of ketones is 2. The van der Waals surface area contributed by atoms with Crippen molar-refractivity contribution in [3.63, 3.8) is 0 Å². The molecule has 2 N–H and O–H groups in total. The largest absolute Gasteiger partial charge is 0.493 e. The molecule has 63 heavy (non-hydrogen) atoms. The standard InChI is InChI=1S/C52H66N4O7/c1-11-42-32(4)24-40(25-33(42)5)63-50-51(6,7)49(52(50,8)9)54-47(59)35-12-15-37(16-13-35)55-22-20-34(21-23-55)30-56(31(2)3)38-27-41(28-38)62-45-19-14-36(26-46(45)61-10)48(60)53-43-18-17-39(57)29-44(43)58/h1,12-16,19,24-26,31,34,38,41,43,49-50H,17-18,20-23,27-30H2,2-10H3,(H,53,60)(H,54,59). The molecule has 1 saturated heterocycles. The van der Waals surface area contributed by atoms with Crippen molar-refractivity contribution in [3.8, 4) is 29.6 Å². The summed E-state index contributed by atoms with van der Waals surface area (Å²) >= 11 is 0. The number of rotatable bonds is 14. The second-order valence-electron chi connectivity index (χ2n) is 19.9. The van der Waals surface area contributed by atoms with E-state index in [0.717, 1.165) is 73.4 Å². The molecular formula is C52H66N4O7. The molecule has 3 aliphatic carbocycles. The van der Waals surface area contributed by atoms with Gasteiger partial charge in [0.15, 0.2) is 17.3 Å². The average Bonchev–Trinajstić information content (AvgIpc) is 3.23. The first-order chi connectivity index (χ1) is 29.9. The minimum Gasteiger partial charge on any atom is -0.493 e. The topological polar surface area (TPSA) is 127 Å². The third kappa shape index (κ3) is 9.62. The number of hydrogen-bond donors (Lipinski definition) is 2. The smallest absolute Gasteiger partial charge is 0.252 e. The number of hydrogen-bond acceptors (Lipinski definition) is 9. The number of methoxy groups -OCH3 is 1. The van der Waals surface area contributed by atoms with Gasteiger partial charge >= 0.3 is 0 Å². The van der Waals surface area contributed by atoms with Crippen LogP contribution in [-0.4, -0.2) is 91.4 Å². The molecule has 7 rings (SSSR count). The van der Waals surface area contributed by atoms with Gasteiger partial charge in [-0.25, -0.2) is 0 Å². The van der Waals surface area contributed by atoms with Crippen LogP contribution >= 0.6 is 0 Å². The number of nitrogens with zero attached hydrogens (tertiary/aromatic N) is 2. The van der Waals surface area contributed by atoms with Gasteiger partial charge in [-0.2, -0.15) is 0 Å². The number of terminal acetylenes is 1. The van der Waals surface area contributed by atoms with Crippen LogP contribution in [0.15, 0.2) is 54.6 Å². The Bertz CT molecular complexity index is 2210. The van der Waals surface area contributed by atoms with Crippen LogP contribution in [0.5, 0.6) is 17.2 Å². The highest BCUT2D eigenvalue weighted by molar-refractivity contribution is 6.06. The molecule has 2 amide bonds. The Balaban J connectivity index is 0.863. The Hall–Kier alpha value is -5.34. The van der Waals surface area contributed by atoms with Crippen molar-refractivity contribution in [2.45, 2.75) is 137 Å². The number of piperidine rings is 1. The van der Waals surface area contributed by atoms with Gasteiger partial charge in [-0.3, -0.25) is 24.1 Å². The van der Waals surface area contributed by atoms with E-state index < -0.39 is 6.04 Å². The van der Waals surface area contributed by atoms with Crippen LogP contribution in [0.4, 0.5) is 5.69 Å². The molecule has 4 aliphatic rings. The highest BCUT2D eigenvalue weighted by Gasteiger charge is 2.64. The van der Waals surface area contributed by atoms with E-state index in [2.05, 4.69) is 80.0 Å². The van der Waals surface area contributed by atoms with Crippen LogP contribution in [0.3, 0.4) is 0 Å². The highest BCUT2D eigenvalue weighted by atomic mass is 16.5. The van der Waals surface area contributed by atoms with Crippen molar-refractivity contribution in [2.24, 2.45) is 16.7 Å². The molecule has 0 radical (unpaired) electrons. The van der Waals surface area contributed by atoms with Gasteiger partial charge in [0, 0.05) is 90.2 Å². The molecule has 11 heteroatoms. The predicted octanol–water partition coefficient (Wildman–Crippen LogP) is 7.86. The van der Waals surface area contributed by atoms with E-state index in [1.807, 2.05) is 38.1 Å². The summed E-state index contributed by atoms with van der Waals surface area (Å²) in [4.78, 5) is 55.5. The summed E-state index contributed by atoms with van der Waals surface area (Å²) < 4.78 is 18.6. The average molecular weight is 859 g/mol. The molecule has 1 atom stereocenters. The van der Waals surface area contributed by atoms with Gasteiger partial charge in [-0.1, -0.05) is 33.6 Å². The first-order valence-electron chi connectivity index (χ1n) is 22.8. The normalized spacial score (nSPS) is 24.2. The monoisotopic (exact) mass is 858 g/mol. The fraction of sp³-hybridized carbons (Fsp3) is 0.538. The van der Waals surface area contributed by atoms with Gasteiger partial charge in [-0.05, 0) is 119 Å². The van der Waals surface area contributed by atoms with Crippen molar-refractivity contribution in [1.82, 2.24) is 15.5 Å². The van der Waals surface area contributed by atoms with E-state index >= 15 is 0 Å². The third-order valence-corrected chi connectivity index (χ3v) is 14.3. The molecule has 336 valence electrons. The molecule has 1 aliphatic heterocycles. The van der Waals surface area contributed by atoms with Crippen molar-refractivity contribution < 1.29 is 33.4 Å². The second kappa shape index (κ2) is 18.4. The van der Waals surface area contributed by atoms with E-state index in [4.69, 9.17) is 20.6 Å². The van der Waals surface area contributed by atoms with Gasteiger partial charge in [0.05, 0.1) is 19.6 Å². The molecule has 1 unspecified atom stereocenters. The Morgan fingerprint density at radius 3 is 2.06 bits per heavy atom. The van der Waals surface area contributed by atoms with Crippen LogP contribution in [0.25, 0.3) is 0 Å². The van der Waals surface area contributed by atoms with E-state index in [9.17, 15) is 19.2 Å².